The third-order valence-electron chi connectivity index (χ3n) is 8.52. The molecule has 0 radical (unpaired) electrons. The molecule has 4 rings (SSSR count). The summed E-state index contributed by atoms with van der Waals surface area (Å²) >= 11 is 0. The monoisotopic (exact) mass is 364 g/mol. The highest BCUT2D eigenvalue weighted by Crippen LogP contribution is 2.61. The summed E-state index contributed by atoms with van der Waals surface area (Å²) in [4.78, 5) is 0. The maximum Gasteiger partial charge on any atom is 0.270 e. The minimum Gasteiger partial charge on any atom is -0.173 e. The van der Waals surface area contributed by atoms with Crippen LogP contribution in [-0.2, 0) is 0 Å². The lowest BCUT2D eigenvalue weighted by atomic mass is 9.68. The van der Waals surface area contributed by atoms with Crippen LogP contribution in [-0.4, -0.2) is 14.1 Å². The second-order valence-electron chi connectivity index (χ2n) is 9.35. The SMILES string of the molecule is C/C=[Si](/C)C1CC2C3CCCCC3C(=C(F)F)C3CCCCC3C2C1. The molecular weight excluding hydrogens is 330 g/mol. The normalized spacial score (nSPS) is 44.6. The van der Waals surface area contributed by atoms with Crippen LogP contribution in [0.4, 0.5) is 8.78 Å². The quantitative estimate of drug-likeness (QED) is 0.455. The van der Waals surface area contributed by atoms with Crippen molar-refractivity contribution in [3.8, 4) is 0 Å². The van der Waals surface area contributed by atoms with Crippen molar-refractivity contribution >= 4 is 14.1 Å². The lowest BCUT2D eigenvalue weighted by molar-refractivity contribution is 0.126. The van der Waals surface area contributed by atoms with Gasteiger partial charge in [0.1, 0.15) is 0 Å². The first kappa shape index (κ1) is 18.1. The summed E-state index contributed by atoms with van der Waals surface area (Å²) in [5, 5.41) is 0. The molecule has 0 aromatic rings. The molecule has 25 heavy (non-hydrogen) atoms. The van der Waals surface area contributed by atoms with Crippen molar-refractivity contribution < 1.29 is 8.78 Å². The van der Waals surface area contributed by atoms with Gasteiger partial charge < -0.3 is 0 Å². The molecule has 4 aliphatic carbocycles. The number of hydrogen-bond donors (Lipinski definition) is 0. The number of rotatable bonds is 1. The second-order valence-corrected chi connectivity index (χ2v) is 12.2. The molecule has 6 unspecified atom stereocenters. The predicted molar refractivity (Wildman–Crippen MR) is 103 cm³/mol. The molecule has 0 aromatic heterocycles. The van der Waals surface area contributed by atoms with Gasteiger partial charge in [-0.25, -0.2) is 0 Å². The molecule has 0 N–H and O–H groups in total. The van der Waals surface area contributed by atoms with Gasteiger partial charge in [-0.05, 0) is 79.6 Å². The number of fused-ring (bicyclic) bond motifs is 5. The van der Waals surface area contributed by atoms with Crippen molar-refractivity contribution in [2.75, 3.05) is 0 Å². The van der Waals surface area contributed by atoms with E-state index < -0.39 is 6.08 Å². The van der Waals surface area contributed by atoms with E-state index in [-0.39, 0.29) is 20.2 Å². The van der Waals surface area contributed by atoms with Crippen molar-refractivity contribution in [1.29, 1.82) is 0 Å². The summed E-state index contributed by atoms with van der Waals surface area (Å²) in [5.74, 6) is 3.07. The van der Waals surface area contributed by atoms with Gasteiger partial charge >= 0.3 is 0 Å². The number of hydrogen-bond acceptors (Lipinski definition) is 0. The fourth-order valence-corrected chi connectivity index (χ4v) is 9.13. The molecule has 0 amide bonds. The lowest BCUT2D eigenvalue weighted by Crippen LogP contribution is -2.29. The van der Waals surface area contributed by atoms with Crippen LogP contribution in [0.3, 0.4) is 0 Å². The third kappa shape index (κ3) is 3.13. The highest BCUT2D eigenvalue weighted by atomic mass is 28.2. The maximum absolute atomic E-state index is 14.2. The minimum absolute atomic E-state index is 0.219. The van der Waals surface area contributed by atoms with Gasteiger partial charge in [-0.1, -0.05) is 39.2 Å². The Morgan fingerprint density at radius 1 is 0.840 bits per heavy atom. The van der Waals surface area contributed by atoms with Gasteiger partial charge in [0.2, 0.25) is 0 Å². The first-order chi connectivity index (χ1) is 12.1. The summed E-state index contributed by atoms with van der Waals surface area (Å²) in [5.41, 5.74) is 4.03. The molecule has 0 saturated heterocycles. The topological polar surface area (TPSA) is 0 Å². The van der Waals surface area contributed by atoms with E-state index in [9.17, 15) is 8.78 Å². The van der Waals surface area contributed by atoms with Crippen LogP contribution < -0.4 is 0 Å². The first-order valence-electron chi connectivity index (χ1n) is 10.8. The Kier molecular flexibility index (Phi) is 5.32. The number of allylic oxidation sites excluding steroid dienone is 1. The summed E-state index contributed by atoms with van der Waals surface area (Å²) < 4.78 is 28.3. The zero-order valence-electron chi connectivity index (χ0n) is 15.9. The molecule has 4 aliphatic rings. The van der Waals surface area contributed by atoms with E-state index in [0.717, 1.165) is 30.2 Å². The van der Waals surface area contributed by atoms with Gasteiger partial charge in [0, 0.05) is 14.0 Å². The van der Waals surface area contributed by atoms with Crippen LogP contribution in [0.2, 0.25) is 12.1 Å². The molecule has 0 aromatic carbocycles. The highest BCUT2D eigenvalue weighted by molar-refractivity contribution is 6.65. The standard InChI is InChI=1S/C22H34F2Si/c1-3-25(2)14-12-19-15-8-4-6-10-17(15)21(22(23)24)18-11-7-5-9-16(18)20(19)13-14/h3,14-20H,4-13H2,1-2H3/b25-3-. The van der Waals surface area contributed by atoms with E-state index in [2.05, 4.69) is 19.1 Å². The summed E-state index contributed by atoms with van der Waals surface area (Å²) in [6, 6.07) is 0. The van der Waals surface area contributed by atoms with Gasteiger partial charge in [0.05, 0.1) is 0 Å². The zero-order valence-corrected chi connectivity index (χ0v) is 16.9. The average molecular weight is 365 g/mol. The largest absolute Gasteiger partial charge is 0.270 e. The molecule has 0 aliphatic heterocycles. The van der Waals surface area contributed by atoms with E-state index >= 15 is 0 Å². The minimum atomic E-state index is -1.28. The van der Waals surface area contributed by atoms with Crippen LogP contribution in [0.15, 0.2) is 11.7 Å². The van der Waals surface area contributed by atoms with Crippen LogP contribution in [0.1, 0.15) is 71.1 Å². The van der Waals surface area contributed by atoms with Crippen LogP contribution >= 0.6 is 0 Å². The van der Waals surface area contributed by atoms with E-state index in [1.807, 2.05) is 0 Å². The molecule has 4 fully saturated rings. The first-order valence-corrected chi connectivity index (χ1v) is 12.9. The Bertz CT molecular complexity index is 528. The molecule has 6 atom stereocenters. The lowest BCUT2D eigenvalue weighted by Gasteiger charge is -2.37. The van der Waals surface area contributed by atoms with Crippen molar-refractivity contribution in [3.63, 3.8) is 0 Å². The Morgan fingerprint density at radius 3 is 1.76 bits per heavy atom. The molecule has 4 saturated carbocycles. The van der Waals surface area contributed by atoms with Crippen LogP contribution in [0.25, 0.3) is 0 Å². The molecule has 0 spiro atoms. The molecule has 0 nitrogen and oxygen atoms in total. The van der Waals surface area contributed by atoms with Gasteiger partial charge in [0.25, 0.3) is 6.08 Å². The highest BCUT2D eigenvalue weighted by Gasteiger charge is 2.53. The summed E-state index contributed by atoms with van der Waals surface area (Å²) in [7, 11) is -0.364. The van der Waals surface area contributed by atoms with Gasteiger partial charge in [-0.3, -0.25) is 0 Å². The number of halogens is 2. The summed E-state index contributed by atoms with van der Waals surface area (Å²) in [6.07, 6.45) is 10.8. The average Bonchev–Trinajstić information content (AvgIpc) is 3.02. The van der Waals surface area contributed by atoms with Gasteiger partial charge in [-0.15, -0.1) is 5.67 Å². The van der Waals surface area contributed by atoms with E-state index in [1.165, 1.54) is 51.4 Å². The van der Waals surface area contributed by atoms with E-state index in [0.29, 0.717) is 17.4 Å². The molecule has 140 valence electrons. The van der Waals surface area contributed by atoms with Crippen LogP contribution in [0, 0.1) is 35.5 Å². The maximum atomic E-state index is 14.2. The van der Waals surface area contributed by atoms with Gasteiger partial charge in [-0.2, -0.15) is 8.78 Å². The van der Waals surface area contributed by atoms with Crippen LogP contribution in [0.5, 0.6) is 0 Å². The Morgan fingerprint density at radius 2 is 1.32 bits per heavy atom. The molecule has 0 heterocycles. The predicted octanol–water partition coefficient (Wildman–Crippen LogP) is 6.69. The zero-order chi connectivity index (χ0) is 17.6. The Hall–Kier alpha value is -0.313. The third-order valence-corrected chi connectivity index (χ3v) is 11.2. The van der Waals surface area contributed by atoms with Crippen molar-refractivity contribution in [2.45, 2.75) is 83.2 Å². The molecule has 0 bridgehead atoms. The Balaban J connectivity index is 1.75. The van der Waals surface area contributed by atoms with Crippen molar-refractivity contribution in [1.82, 2.24) is 0 Å². The summed E-state index contributed by atoms with van der Waals surface area (Å²) in [6.45, 7) is 4.72. The smallest absolute Gasteiger partial charge is 0.173 e. The fourth-order valence-electron chi connectivity index (χ4n) is 7.37. The fraction of sp³-hybridized carbons (Fsp3) is 0.864. The van der Waals surface area contributed by atoms with Crippen molar-refractivity contribution in [2.24, 2.45) is 35.5 Å². The van der Waals surface area contributed by atoms with Gasteiger partial charge in [0.15, 0.2) is 0 Å². The van der Waals surface area contributed by atoms with E-state index in [4.69, 9.17) is 0 Å². The molecule has 3 heteroatoms. The van der Waals surface area contributed by atoms with E-state index in [1.54, 1.807) is 0 Å². The second kappa shape index (κ2) is 7.36. The molecular formula is C22H34F2Si. The Labute approximate surface area is 153 Å². The van der Waals surface area contributed by atoms with Crippen molar-refractivity contribution in [3.05, 3.63) is 11.7 Å².